The number of allylic oxidation sites excluding steroid dienone is 2. The Bertz CT molecular complexity index is 1660. The number of imidazole rings is 1. The van der Waals surface area contributed by atoms with E-state index in [0.29, 0.717) is 0 Å². The number of aromatic nitrogens is 4. The van der Waals surface area contributed by atoms with Crippen LogP contribution in [0.25, 0.3) is 11.0 Å². The highest BCUT2D eigenvalue weighted by molar-refractivity contribution is 5.75. The number of benzene rings is 1. The van der Waals surface area contributed by atoms with Crippen molar-refractivity contribution in [2.45, 2.75) is 132 Å². The van der Waals surface area contributed by atoms with E-state index in [-0.39, 0.29) is 27.1 Å². The number of aromatic amines is 2. The number of furan rings is 1. The second kappa shape index (κ2) is 17.6. The molecule has 272 valence electrons. The highest BCUT2D eigenvalue weighted by atomic mass is 16.3. The lowest BCUT2D eigenvalue weighted by Crippen LogP contribution is -2.12. The summed E-state index contributed by atoms with van der Waals surface area (Å²) >= 11 is 0. The van der Waals surface area contributed by atoms with Crippen LogP contribution in [-0.2, 0) is 21.7 Å². The van der Waals surface area contributed by atoms with E-state index in [9.17, 15) is 0 Å². The summed E-state index contributed by atoms with van der Waals surface area (Å²) in [5, 5.41) is 0. The van der Waals surface area contributed by atoms with Gasteiger partial charge in [0.1, 0.15) is 5.76 Å². The summed E-state index contributed by atoms with van der Waals surface area (Å²) in [6.45, 7) is 32.6. The minimum Gasteiger partial charge on any atom is -0.469 e. The van der Waals surface area contributed by atoms with Crippen LogP contribution in [0.15, 0.2) is 107 Å². The number of nitrogens with zero attached hydrogens (tertiary/aromatic N) is 3. The Morgan fingerprint density at radius 1 is 0.620 bits per heavy atom. The summed E-state index contributed by atoms with van der Waals surface area (Å²) in [5.74, 6) is 1.04. The molecule has 0 unspecified atom stereocenters. The minimum absolute atomic E-state index is 0.156. The normalized spacial score (nSPS) is 13.1. The number of hydrogen-bond donors (Lipinski definition) is 2. The van der Waals surface area contributed by atoms with Crippen molar-refractivity contribution in [3.05, 3.63) is 120 Å². The molecule has 4 aromatic heterocycles. The topological polar surface area (TPSA) is 82.9 Å². The summed E-state index contributed by atoms with van der Waals surface area (Å²) in [6, 6.07) is 20.4. The maximum atomic E-state index is 5.20. The van der Waals surface area contributed by atoms with Crippen LogP contribution in [0.2, 0.25) is 0 Å². The van der Waals surface area contributed by atoms with Crippen molar-refractivity contribution in [2.75, 3.05) is 0 Å². The zero-order valence-corrected chi connectivity index (χ0v) is 33.7. The summed E-state index contributed by atoms with van der Waals surface area (Å²) in [5.41, 5.74) is 8.21. The number of hydrogen-bond acceptors (Lipinski definition) is 4. The molecule has 6 heteroatoms. The molecule has 1 aromatic carbocycles. The van der Waals surface area contributed by atoms with Gasteiger partial charge in [-0.25, -0.2) is 4.98 Å². The first-order valence-corrected chi connectivity index (χ1v) is 17.8. The van der Waals surface area contributed by atoms with Crippen LogP contribution in [0.5, 0.6) is 0 Å². The SMILES string of the molecule is CC(C)(C)C1=CCC=N1.CC(C)(C)c1ccc2nc[nH]c2c1.CC(C)(C)c1ccc[nH]1.CC(C)(C)c1ccccn1.CC(C)(C)c1ccco1. The van der Waals surface area contributed by atoms with Crippen LogP contribution in [0, 0.1) is 5.41 Å². The molecular formula is C44H65N5O. The van der Waals surface area contributed by atoms with Crippen LogP contribution in [0.3, 0.4) is 0 Å². The molecule has 5 aromatic rings. The Morgan fingerprint density at radius 3 is 1.68 bits per heavy atom. The van der Waals surface area contributed by atoms with E-state index in [4.69, 9.17) is 4.42 Å². The van der Waals surface area contributed by atoms with E-state index in [2.05, 4.69) is 165 Å². The summed E-state index contributed by atoms with van der Waals surface area (Å²) in [7, 11) is 0. The van der Waals surface area contributed by atoms with Crippen molar-refractivity contribution in [3.63, 3.8) is 0 Å². The summed E-state index contributed by atoms with van der Waals surface area (Å²) in [4.78, 5) is 19.0. The van der Waals surface area contributed by atoms with Crippen LogP contribution in [0.1, 0.15) is 133 Å². The van der Waals surface area contributed by atoms with Crippen molar-refractivity contribution in [1.82, 2.24) is 19.9 Å². The number of nitrogens with one attached hydrogen (secondary N) is 2. The molecule has 5 heterocycles. The number of pyridine rings is 1. The van der Waals surface area contributed by atoms with Gasteiger partial charge in [-0.2, -0.15) is 0 Å². The van der Waals surface area contributed by atoms with Crippen LogP contribution >= 0.6 is 0 Å². The van der Waals surface area contributed by atoms with E-state index in [1.54, 1.807) is 12.6 Å². The molecule has 0 atom stereocenters. The molecule has 0 fully saturated rings. The molecule has 0 bridgehead atoms. The Morgan fingerprint density at radius 2 is 1.32 bits per heavy atom. The van der Waals surface area contributed by atoms with Crippen molar-refractivity contribution in [3.8, 4) is 0 Å². The zero-order valence-electron chi connectivity index (χ0n) is 33.7. The molecule has 0 spiro atoms. The molecule has 0 aliphatic carbocycles. The Labute approximate surface area is 303 Å². The quantitative estimate of drug-likeness (QED) is 0.171. The van der Waals surface area contributed by atoms with Gasteiger partial charge in [-0.05, 0) is 59.5 Å². The molecule has 50 heavy (non-hydrogen) atoms. The molecule has 0 radical (unpaired) electrons. The fraction of sp³-hybridized carbons (Fsp3) is 0.477. The molecule has 1 aliphatic heterocycles. The van der Waals surface area contributed by atoms with Gasteiger partial charge in [0.25, 0.3) is 0 Å². The van der Waals surface area contributed by atoms with Crippen molar-refractivity contribution in [2.24, 2.45) is 10.4 Å². The largest absolute Gasteiger partial charge is 0.469 e. The molecule has 0 saturated carbocycles. The third kappa shape index (κ3) is 14.7. The van der Waals surface area contributed by atoms with E-state index in [0.717, 1.165) is 28.9 Å². The van der Waals surface area contributed by atoms with Crippen molar-refractivity contribution >= 4 is 17.2 Å². The van der Waals surface area contributed by atoms with Gasteiger partial charge in [0.15, 0.2) is 0 Å². The first-order chi connectivity index (χ1) is 23.0. The predicted octanol–water partition coefficient (Wildman–Crippen LogP) is 12.5. The zero-order chi connectivity index (χ0) is 37.8. The van der Waals surface area contributed by atoms with Crippen molar-refractivity contribution in [1.29, 1.82) is 0 Å². The van der Waals surface area contributed by atoms with Gasteiger partial charge in [-0.15, -0.1) is 0 Å². The average Bonchev–Trinajstić information content (AvgIpc) is 3.84. The molecule has 6 rings (SSSR count). The standard InChI is InChI=1S/C11H14N2.C9H13N.2C8H13N.C8H12O/c1-11(2,3)8-4-5-9-10(6-8)13-7-12-9;1-9(2,3)8-6-4-5-7-10-8;3*1-8(2,3)7-5-4-6-9-7/h4-7H,1-3H3,(H,12,13);4-7H,1-3H3;5-6H,4H2,1-3H3;4-6,9H,1-3H3;4-6H,1-3H3. The van der Waals surface area contributed by atoms with Gasteiger partial charge in [0, 0.05) is 63.8 Å². The van der Waals surface area contributed by atoms with Gasteiger partial charge in [-0.1, -0.05) is 122 Å². The fourth-order valence-electron chi connectivity index (χ4n) is 4.58. The second-order valence-electron chi connectivity index (χ2n) is 17.8. The second-order valence-corrected chi connectivity index (χ2v) is 17.8. The average molecular weight is 680 g/mol. The Balaban J connectivity index is 0.000000219. The lowest BCUT2D eigenvalue weighted by Gasteiger charge is -2.18. The van der Waals surface area contributed by atoms with Gasteiger partial charge in [-0.3, -0.25) is 9.98 Å². The molecule has 0 amide bonds. The molecule has 1 aliphatic rings. The van der Waals surface area contributed by atoms with E-state index in [1.807, 2.05) is 48.9 Å². The Kier molecular flexibility index (Phi) is 14.8. The van der Waals surface area contributed by atoms with Gasteiger partial charge in [0.05, 0.1) is 23.6 Å². The number of rotatable bonds is 0. The van der Waals surface area contributed by atoms with E-state index in [1.165, 1.54) is 17.0 Å². The molecule has 0 saturated heterocycles. The maximum absolute atomic E-state index is 5.20. The van der Waals surface area contributed by atoms with Gasteiger partial charge in [0.2, 0.25) is 0 Å². The highest BCUT2D eigenvalue weighted by Crippen LogP contribution is 2.28. The lowest BCUT2D eigenvalue weighted by molar-refractivity contribution is 0.409. The van der Waals surface area contributed by atoms with E-state index >= 15 is 0 Å². The lowest BCUT2D eigenvalue weighted by atomic mass is 9.87. The van der Waals surface area contributed by atoms with Crippen LogP contribution < -0.4 is 0 Å². The third-order valence-corrected chi connectivity index (χ3v) is 7.80. The number of fused-ring (bicyclic) bond motifs is 1. The van der Waals surface area contributed by atoms with Crippen LogP contribution in [0.4, 0.5) is 0 Å². The fourth-order valence-corrected chi connectivity index (χ4v) is 4.58. The first-order valence-electron chi connectivity index (χ1n) is 17.8. The molecule has 2 N–H and O–H groups in total. The molecule has 6 nitrogen and oxygen atoms in total. The first kappa shape index (κ1) is 42.0. The molecular weight excluding hydrogens is 615 g/mol. The summed E-state index contributed by atoms with van der Waals surface area (Å²) in [6.07, 6.45) is 12.4. The minimum atomic E-state index is 0.156. The Hall–Kier alpha value is -4.19. The highest BCUT2D eigenvalue weighted by Gasteiger charge is 2.18. The predicted molar refractivity (Wildman–Crippen MR) is 215 cm³/mol. The monoisotopic (exact) mass is 680 g/mol. The third-order valence-electron chi connectivity index (χ3n) is 7.80. The van der Waals surface area contributed by atoms with E-state index < -0.39 is 0 Å². The number of H-pyrrole nitrogens is 2. The van der Waals surface area contributed by atoms with Crippen molar-refractivity contribution < 1.29 is 4.42 Å². The van der Waals surface area contributed by atoms with Crippen LogP contribution in [-0.4, -0.2) is 26.2 Å². The van der Waals surface area contributed by atoms with Gasteiger partial charge < -0.3 is 14.4 Å². The van der Waals surface area contributed by atoms with Gasteiger partial charge >= 0.3 is 0 Å². The summed E-state index contributed by atoms with van der Waals surface area (Å²) < 4.78 is 5.20. The number of aliphatic imine (C=N–C) groups is 1. The smallest absolute Gasteiger partial charge is 0.109 e. The maximum Gasteiger partial charge on any atom is 0.109 e.